The Kier molecular flexibility index (Phi) is 5.25. The van der Waals surface area contributed by atoms with Crippen LogP contribution < -0.4 is 5.32 Å². The summed E-state index contributed by atoms with van der Waals surface area (Å²) < 4.78 is 28.2. The maximum Gasteiger partial charge on any atom is 0.206 e. The lowest BCUT2D eigenvalue weighted by Gasteiger charge is -2.10. The third-order valence-corrected chi connectivity index (χ3v) is 6.40. The molecule has 1 aliphatic rings. The van der Waals surface area contributed by atoms with Crippen molar-refractivity contribution in [1.29, 1.82) is 0 Å². The Morgan fingerprint density at radius 1 is 0.960 bits per heavy atom. The quantitative estimate of drug-likeness (QED) is 0.900. The van der Waals surface area contributed by atoms with E-state index >= 15 is 0 Å². The first-order valence-corrected chi connectivity index (χ1v) is 10.0. The molecule has 2 heterocycles. The molecular weight excluding hydrogens is 332 g/mol. The van der Waals surface area contributed by atoms with Crippen LogP contribution >= 0.6 is 0 Å². The number of benzene rings is 1. The topological polar surface area (TPSA) is 51.1 Å². The largest absolute Gasteiger partial charge is 0.354 e. The molecule has 0 fully saturated rings. The molecule has 0 amide bonds. The first kappa shape index (κ1) is 17.7. The Hall–Kier alpha value is -2.11. The zero-order valence-corrected chi connectivity index (χ0v) is 15.5. The van der Waals surface area contributed by atoms with Gasteiger partial charge in [0, 0.05) is 31.9 Å². The Morgan fingerprint density at radius 2 is 1.64 bits per heavy atom. The molecule has 132 valence electrons. The lowest BCUT2D eigenvalue weighted by molar-refractivity contribution is 0.596. The second-order valence-corrected chi connectivity index (χ2v) is 8.29. The summed E-state index contributed by atoms with van der Waals surface area (Å²) in [5.41, 5.74) is 3.50. The average Bonchev–Trinajstić information content (AvgIpc) is 2.84. The van der Waals surface area contributed by atoms with Crippen molar-refractivity contribution in [3.05, 3.63) is 71.5 Å². The molecule has 3 rings (SSSR count). The Bertz CT molecular complexity index is 914. The van der Waals surface area contributed by atoms with Gasteiger partial charge in [0.2, 0.25) is 9.84 Å². The molecule has 5 heteroatoms. The molecule has 1 aliphatic heterocycles. The Morgan fingerprint density at radius 3 is 2.40 bits per heavy atom. The summed E-state index contributed by atoms with van der Waals surface area (Å²) in [6.45, 7) is 3.85. The number of hydrogen-bond donors (Lipinski definition) is 1. The first-order valence-electron chi connectivity index (χ1n) is 8.53. The monoisotopic (exact) mass is 356 g/mol. The maximum absolute atomic E-state index is 13.0. The van der Waals surface area contributed by atoms with Gasteiger partial charge in [-0.2, -0.15) is 0 Å². The van der Waals surface area contributed by atoms with Gasteiger partial charge in [-0.3, -0.25) is 0 Å². The predicted molar refractivity (Wildman–Crippen MR) is 99.9 cm³/mol. The van der Waals surface area contributed by atoms with E-state index in [-0.39, 0.29) is 0 Å². The lowest BCUT2D eigenvalue weighted by Crippen LogP contribution is -2.16. The number of hydrogen-bond acceptors (Lipinski definition) is 3. The minimum absolute atomic E-state index is 0.322. The average molecular weight is 356 g/mol. The number of rotatable bonds is 2. The van der Waals surface area contributed by atoms with E-state index in [0.29, 0.717) is 9.79 Å². The van der Waals surface area contributed by atoms with Crippen LogP contribution in [0.25, 0.3) is 0 Å². The van der Waals surface area contributed by atoms with Crippen LogP contribution in [0.1, 0.15) is 16.8 Å². The van der Waals surface area contributed by atoms with E-state index in [9.17, 15) is 8.42 Å². The second-order valence-electron chi connectivity index (χ2n) is 6.34. The fourth-order valence-corrected chi connectivity index (χ4v) is 4.64. The fraction of sp³-hybridized carbons (Fsp3) is 0.300. The lowest BCUT2D eigenvalue weighted by atomic mass is 10.0. The maximum atomic E-state index is 13.0. The van der Waals surface area contributed by atoms with E-state index in [1.54, 1.807) is 30.3 Å². The molecule has 25 heavy (non-hydrogen) atoms. The van der Waals surface area contributed by atoms with Gasteiger partial charge in [-0.25, -0.2) is 8.42 Å². The highest BCUT2D eigenvalue weighted by molar-refractivity contribution is 7.91. The van der Waals surface area contributed by atoms with Crippen molar-refractivity contribution < 1.29 is 8.42 Å². The standard InChI is InChI=1S/C20H24N2O2S/c1-16-15-18(25(23,24)17-7-4-3-5-8-17)9-6-14-22(2)20-11-13-21-12-10-19(16)20/h3-9,14-15,21H,10-13H2,1-2H3. The van der Waals surface area contributed by atoms with Crippen molar-refractivity contribution in [2.75, 3.05) is 13.1 Å². The van der Waals surface area contributed by atoms with Crippen molar-refractivity contribution in [3.63, 3.8) is 0 Å². The second kappa shape index (κ2) is 7.42. The van der Waals surface area contributed by atoms with E-state index in [4.69, 9.17) is 0 Å². The van der Waals surface area contributed by atoms with Crippen LogP contribution in [0, 0.1) is 6.92 Å². The summed E-state index contributed by atoms with van der Waals surface area (Å²) >= 11 is 0. The van der Waals surface area contributed by atoms with Crippen LogP contribution in [-0.4, -0.2) is 26.1 Å². The normalized spacial score (nSPS) is 14.3. The summed E-state index contributed by atoms with van der Waals surface area (Å²) in [6, 6.07) is 13.9. The molecule has 0 saturated carbocycles. The van der Waals surface area contributed by atoms with Crippen molar-refractivity contribution in [2.24, 2.45) is 7.05 Å². The van der Waals surface area contributed by atoms with Crippen LogP contribution in [0.15, 0.2) is 64.5 Å². The molecule has 2 aromatic rings. The van der Waals surface area contributed by atoms with Crippen molar-refractivity contribution >= 4 is 9.84 Å². The van der Waals surface area contributed by atoms with Crippen LogP contribution in [0.4, 0.5) is 0 Å². The summed E-state index contributed by atoms with van der Waals surface area (Å²) in [4.78, 5) is 0.648. The Balaban J connectivity index is 2.25. The van der Waals surface area contributed by atoms with Gasteiger partial charge in [-0.15, -0.1) is 0 Å². The molecule has 0 saturated heterocycles. The molecule has 0 spiro atoms. The molecule has 0 radical (unpaired) electrons. The van der Waals surface area contributed by atoms with Crippen LogP contribution in [0.2, 0.25) is 0 Å². The van der Waals surface area contributed by atoms with E-state index in [0.717, 1.165) is 31.5 Å². The van der Waals surface area contributed by atoms with Crippen molar-refractivity contribution in [2.45, 2.75) is 29.6 Å². The molecule has 0 bridgehead atoms. The molecule has 1 N–H and O–H groups in total. The molecular formula is C20H24N2O2S. The first-order chi connectivity index (χ1) is 12.0. The van der Waals surface area contributed by atoms with Crippen LogP contribution in [0.5, 0.6) is 0 Å². The van der Waals surface area contributed by atoms with Gasteiger partial charge in [0.05, 0.1) is 9.79 Å². The highest BCUT2D eigenvalue weighted by Gasteiger charge is 2.18. The highest BCUT2D eigenvalue weighted by atomic mass is 32.2. The summed E-state index contributed by atoms with van der Waals surface area (Å²) in [5.74, 6) is 0. The number of aromatic nitrogens is 1. The molecule has 1 aromatic carbocycles. The van der Waals surface area contributed by atoms with Crippen molar-refractivity contribution in [3.8, 4) is 0 Å². The number of nitrogens with zero attached hydrogens (tertiary/aromatic N) is 1. The van der Waals surface area contributed by atoms with Crippen LogP contribution in [0.3, 0.4) is 0 Å². The fourth-order valence-electron chi connectivity index (χ4n) is 3.26. The molecule has 4 nitrogen and oxygen atoms in total. The third kappa shape index (κ3) is 3.78. The number of aryl methyl sites for hydroxylation is 2. The molecule has 0 unspecified atom stereocenters. The van der Waals surface area contributed by atoms with Gasteiger partial charge < -0.3 is 9.88 Å². The van der Waals surface area contributed by atoms with Gasteiger partial charge >= 0.3 is 0 Å². The molecule has 0 aliphatic carbocycles. The van der Waals surface area contributed by atoms with Crippen LogP contribution in [-0.2, 0) is 29.7 Å². The van der Waals surface area contributed by atoms with Gasteiger partial charge in [-0.1, -0.05) is 18.2 Å². The summed E-state index contributed by atoms with van der Waals surface area (Å²) in [6.07, 6.45) is 3.77. The van der Waals surface area contributed by atoms with Crippen molar-refractivity contribution in [1.82, 2.24) is 9.88 Å². The minimum Gasteiger partial charge on any atom is -0.354 e. The van der Waals surface area contributed by atoms with Gasteiger partial charge in [-0.05, 0) is 61.3 Å². The SMILES string of the molecule is Cc1cc(S(=O)(=O)c2ccccc2)cccn(C)c2c1CCNCC2. The van der Waals surface area contributed by atoms with E-state index in [1.807, 2.05) is 38.4 Å². The predicted octanol–water partition coefficient (Wildman–Crippen LogP) is 2.98. The molecule has 1 aromatic heterocycles. The zero-order valence-electron chi connectivity index (χ0n) is 14.7. The number of sulfone groups is 1. The highest BCUT2D eigenvalue weighted by Crippen LogP contribution is 2.22. The van der Waals surface area contributed by atoms with Gasteiger partial charge in [0.15, 0.2) is 0 Å². The number of nitrogens with one attached hydrogen (secondary N) is 1. The number of fused-ring (bicyclic) bond motifs is 1. The van der Waals surface area contributed by atoms with E-state index in [2.05, 4.69) is 9.88 Å². The zero-order chi connectivity index (χ0) is 17.9. The molecule has 0 atom stereocenters. The van der Waals surface area contributed by atoms with E-state index < -0.39 is 9.84 Å². The van der Waals surface area contributed by atoms with E-state index in [1.165, 1.54) is 11.3 Å². The van der Waals surface area contributed by atoms with Gasteiger partial charge in [0.25, 0.3) is 0 Å². The summed E-state index contributed by atoms with van der Waals surface area (Å²) in [5, 5.41) is 3.42. The third-order valence-electron chi connectivity index (χ3n) is 4.63. The van der Waals surface area contributed by atoms with Gasteiger partial charge in [0.1, 0.15) is 0 Å². The summed E-state index contributed by atoms with van der Waals surface area (Å²) in [7, 11) is -1.52. The Labute approximate surface area is 149 Å². The smallest absolute Gasteiger partial charge is 0.206 e. The minimum atomic E-state index is -3.54.